The zero-order valence-corrected chi connectivity index (χ0v) is 16.2. The topological polar surface area (TPSA) is 25.8 Å². The van der Waals surface area contributed by atoms with Gasteiger partial charge >= 0.3 is 0 Å². The van der Waals surface area contributed by atoms with Crippen LogP contribution in [0.1, 0.15) is 70.1 Å². The highest BCUT2D eigenvalue weighted by Gasteiger charge is 2.20. The lowest BCUT2D eigenvalue weighted by molar-refractivity contribution is 0.252. The summed E-state index contributed by atoms with van der Waals surface area (Å²) in [6, 6.07) is 9.38. The quantitative estimate of drug-likeness (QED) is 0.576. The third-order valence-electron chi connectivity index (χ3n) is 5.90. The van der Waals surface area contributed by atoms with E-state index in [2.05, 4.69) is 23.2 Å². The molecule has 1 aromatic heterocycles. The summed E-state index contributed by atoms with van der Waals surface area (Å²) in [5.41, 5.74) is 3.18. The maximum atomic E-state index is 14.6. The highest BCUT2D eigenvalue weighted by Crippen LogP contribution is 2.34. The van der Waals surface area contributed by atoms with Crippen molar-refractivity contribution in [3.63, 3.8) is 0 Å². The van der Waals surface area contributed by atoms with Gasteiger partial charge in [-0.3, -0.25) is 0 Å². The van der Waals surface area contributed by atoms with E-state index in [1.165, 1.54) is 44.9 Å². The van der Waals surface area contributed by atoms with Crippen molar-refractivity contribution in [1.82, 2.24) is 10.2 Å². The number of nitrogens with zero attached hydrogens (tertiary/aromatic N) is 2. The molecule has 26 heavy (non-hydrogen) atoms. The summed E-state index contributed by atoms with van der Waals surface area (Å²) in [5, 5.41) is 8.30. The zero-order chi connectivity index (χ0) is 18.4. The van der Waals surface area contributed by atoms with Crippen molar-refractivity contribution in [2.45, 2.75) is 71.6 Å². The largest absolute Gasteiger partial charge is 0.206 e. The van der Waals surface area contributed by atoms with Gasteiger partial charge in [0.1, 0.15) is 5.82 Å². The van der Waals surface area contributed by atoms with E-state index >= 15 is 0 Å². The lowest BCUT2D eigenvalue weighted by Crippen LogP contribution is -2.15. The first-order valence-corrected chi connectivity index (χ1v) is 10.3. The van der Waals surface area contributed by atoms with Gasteiger partial charge in [-0.05, 0) is 60.9 Å². The molecule has 1 aliphatic rings. The van der Waals surface area contributed by atoms with Gasteiger partial charge in [0.2, 0.25) is 0 Å². The van der Waals surface area contributed by atoms with Crippen LogP contribution in [0.5, 0.6) is 0 Å². The zero-order valence-electron chi connectivity index (χ0n) is 16.2. The molecule has 1 saturated carbocycles. The summed E-state index contributed by atoms with van der Waals surface area (Å²) in [4.78, 5) is 0. The van der Waals surface area contributed by atoms with Crippen LogP contribution in [0.4, 0.5) is 4.39 Å². The van der Waals surface area contributed by atoms with E-state index in [0.29, 0.717) is 11.3 Å². The molecule has 0 saturated heterocycles. The van der Waals surface area contributed by atoms with Crippen molar-refractivity contribution in [1.29, 1.82) is 0 Å². The lowest BCUT2D eigenvalue weighted by Gasteiger charge is -2.28. The normalized spacial score (nSPS) is 20.3. The average Bonchev–Trinajstić information content (AvgIpc) is 2.68. The van der Waals surface area contributed by atoms with E-state index in [4.69, 9.17) is 0 Å². The smallest absolute Gasteiger partial charge is 0.132 e. The number of rotatable bonds is 7. The van der Waals surface area contributed by atoms with Crippen LogP contribution in [0.25, 0.3) is 11.3 Å². The molecular formula is C23H31FN2. The fraction of sp³-hybridized carbons (Fsp3) is 0.565. The Morgan fingerprint density at radius 1 is 0.923 bits per heavy atom. The molecule has 0 N–H and O–H groups in total. The van der Waals surface area contributed by atoms with E-state index in [1.807, 2.05) is 25.1 Å². The molecule has 0 spiro atoms. The van der Waals surface area contributed by atoms with Crippen molar-refractivity contribution < 1.29 is 4.39 Å². The van der Waals surface area contributed by atoms with Crippen molar-refractivity contribution in [3.05, 3.63) is 47.4 Å². The Hall–Kier alpha value is -1.77. The maximum Gasteiger partial charge on any atom is 0.132 e. The third kappa shape index (κ3) is 4.90. The van der Waals surface area contributed by atoms with E-state index < -0.39 is 0 Å². The lowest BCUT2D eigenvalue weighted by atomic mass is 9.78. The first-order chi connectivity index (χ1) is 12.7. The highest BCUT2D eigenvalue weighted by atomic mass is 19.1. The second kappa shape index (κ2) is 9.25. The number of halogens is 1. The van der Waals surface area contributed by atoms with Crippen molar-refractivity contribution in [2.24, 2.45) is 11.8 Å². The van der Waals surface area contributed by atoms with Gasteiger partial charge in [-0.1, -0.05) is 58.4 Å². The third-order valence-corrected chi connectivity index (χ3v) is 5.90. The summed E-state index contributed by atoms with van der Waals surface area (Å²) in [5.74, 6) is 1.58. The van der Waals surface area contributed by atoms with Crippen LogP contribution in [-0.4, -0.2) is 10.2 Å². The number of hydrogen-bond acceptors (Lipinski definition) is 2. The standard InChI is InChI=1S/C23H31FN2/c1-3-5-17-6-8-18(9-7-17)10-11-19-12-14-21(22(24)16-19)23-15-13-20(4-2)25-26-23/h12-18H,3-11H2,1-2H3. The van der Waals surface area contributed by atoms with Gasteiger partial charge < -0.3 is 0 Å². The fourth-order valence-corrected chi connectivity index (χ4v) is 4.20. The first-order valence-electron chi connectivity index (χ1n) is 10.3. The van der Waals surface area contributed by atoms with Gasteiger partial charge in [0.15, 0.2) is 0 Å². The molecule has 3 heteroatoms. The van der Waals surface area contributed by atoms with Gasteiger partial charge in [0.25, 0.3) is 0 Å². The molecule has 0 amide bonds. The molecule has 3 rings (SSSR count). The second-order valence-electron chi connectivity index (χ2n) is 7.79. The maximum absolute atomic E-state index is 14.6. The highest BCUT2D eigenvalue weighted by molar-refractivity contribution is 5.59. The first kappa shape index (κ1) is 19.0. The van der Waals surface area contributed by atoms with Gasteiger partial charge in [-0.15, -0.1) is 0 Å². The number of aryl methyl sites for hydroxylation is 2. The summed E-state index contributed by atoms with van der Waals surface area (Å²) in [6.45, 7) is 4.32. The van der Waals surface area contributed by atoms with Crippen molar-refractivity contribution in [2.75, 3.05) is 0 Å². The molecule has 0 unspecified atom stereocenters. The minimum absolute atomic E-state index is 0.187. The predicted molar refractivity (Wildman–Crippen MR) is 105 cm³/mol. The Balaban J connectivity index is 1.56. The molecule has 1 aromatic carbocycles. The number of benzene rings is 1. The molecule has 140 valence electrons. The minimum atomic E-state index is -0.187. The van der Waals surface area contributed by atoms with Crippen LogP contribution in [0.2, 0.25) is 0 Å². The minimum Gasteiger partial charge on any atom is -0.206 e. The van der Waals surface area contributed by atoms with Crippen LogP contribution >= 0.6 is 0 Å². The van der Waals surface area contributed by atoms with E-state index in [9.17, 15) is 4.39 Å². The summed E-state index contributed by atoms with van der Waals surface area (Å²) >= 11 is 0. The molecule has 1 fully saturated rings. The van der Waals surface area contributed by atoms with Crippen LogP contribution in [-0.2, 0) is 12.8 Å². The fourth-order valence-electron chi connectivity index (χ4n) is 4.20. The van der Waals surface area contributed by atoms with Crippen LogP contribution in [0, 0.1) is 17.7 Å². The molecule has 2 aromatic rings. The number of aromatic nitrogens is 2. The van der Waals surface area contributed by atoms with E-state index in [1.54, 1.807) is 6.07 Å². The van der Waals surface area contributed by atoms with Crippen LogP contribution in [0.3, 0.4) is 0 Å². The Kier molecular flexibility index (Phi) is 6.76. The molecule has 1 aliphatic carbocycles. The van der Waals surface area contributed by atoms with Crippen molar-refractivity contribution in [3.8, 4) is 11.3 Å². The monoisotopic (exact) mass is 354 g/mol. The SMILES string of the molecule is CCCC1CCC(CCc2ccc(-c3ccc(CC)nn3)c(F)c2)CC1. The van der Waals surface area contributed by atoms with Gasteiger partial charge in [0.05, 0.1) is 11.4 Å². The van der Waals surface area contributed by atoms with E-state index in [0.717, 1.165) is 35.9 Å². The summed E-state index contributed by atoms with van der Waals surface area (Å²) < 4.78 is 14.6. The molecule has 0 radical (unpaired) electrons. The summed E-state index contributed by atoms with van der Waals surface area (Å²) in [6.07, 6.45) is 11.2. The predicted octanol–water partition coefficient (Wildman–Crippen LogP) is 6.38. The molecule has 2 nitrogen and oxygen atoms in total. The Morgan fingerprint density at radius 3 is 2.23 bits per heavy atom. The molecule has 1 heterocycles. The Labute approximate surface area is 157 Å². The average molecular weight is 355 g/mol. The van der Waals surface area contributed by atoms with Crippen LogP contribution < -0.4 is 0 Å². The van der Waals surface area contributed by atoms with E-state index in [-0.39, 0.29) is 5.82 Å². The van der Waals surface area contributed by atoms with Gasteiger partial charge in [-0.2, -0.15) is 10.2 Å². The van der Waals surface area contributed by atoms with Gasteiger partial charge in [-0.25, -0.2) is 4.39 Å². The van der Waals surface area contributed by atoms with Crippen LogP contribution in [0.15, 0.2) is 30.3 Å². The molecule has 0 atom stereocenters. The molecule has 0 aliphatic heterocycles. The van der Waals surface area contributed by atoms with Gasteiger partial charge in [0, 0.05) is 5.56 Å². The Morgan fingerprint density at radius 2 is 1.65 bits per heavy atom. The Bertz CT molecular complexity index is 688. The molecule has 0 bridgehead atoms. The summed E-state index contributed by atoms with van der Waals surface area (Å²) in [7, 11) is 0. The number of hydrogen-bond donors (Lipinski definition) is 0. The van der Waals surface area contributed by atoms with Crippen molar-refractivity contribution >= 4 is 0 Å². The second-order valence-corrected chi connectivity index (χ2v) is 7.79. The molecular weight excluding hydrogens is 323 g/mol.